The normalized spacial score (nSPS) is 10.7. The molecule has 0 aliphatic rings. The maximum absolute atomic E-state index is 12.5. The van der Waals surface area contributed by atoms with Crippen LogP contribution in [0.3, 0.4) is 0 Å². The van der Waals surface area contributed by atoms with Crippen LogP contribution in [0.4, 0.5) is 0 Å². The Kier molecular flexibility index (Phi) is 6.12. The summed E-state index contributed by atoms with van der Waals surface area (Å²) >= 11 is 0. The number of likely N-dealkylation sites (N-methyl/N-ethyl adjacent to an activating group) is 1. The highest BCUT2D eigenvalue weighted by atomic mass is 35.5. The Morgan fingerprint density at radius 2 is 1.72 bits per heavy atom. The molecule has 3 aromatic rings. The van der Waals surface area contributed by atoms with Crippen LogP contribution in [0.15, 0.2) is 36.4 Å². The number of methoxy groups -OCH3 is 1. The van der Waals surface area contributed by atoms with E-state index in [1.807, 2.05) is 49.3 Å². The first-order valence-corrected chi connectivity index (χ1v) is 7.76. The summed E-state index contributed by atoms with van der Waals surface area (Å²) in [7, 11) is 5.54. The molecule has 7 heteroatoms. The van der Waals surface area contributed by atoms with E-state index in [-0.39, 0.29) is 18.3 Å². The summed E-state index contributed by atoms with van der Waals surface area (Å²) in [4.78, 5) is 23.8. The number of carbonyl (C=O) groups is 1. The minimum absolute atomic E-state index is 0. The molecule has 0 aliphatic heterocycles. The Morgan fingerprint density at radius 3 is 2.40 bits per heavy atom. The molecule has 0 bridgehead atoms. The largest absolute Gasteiger partial charge is 0.494 e. The molecule has 0 atom stereocenters. The number of aromatic nitrogens is 2. The number of halogens is 1. The first-order valence-electron chi connectivity index (χ1n) is 7.76. The Balaban J connectivity index is 0.00000225. The van der Waals surface area contributed by atoms with E-state index in [2.05, 4.69) is 15.3 Å². The third kappa shape index (κ3) is 3.97. The predicted molar refractivity (Wildman–Crippen MR) is 102 cm³/mol. The zero-order valence-electron chi connectivity index (χ0n) is 14.4. The Bertz CT molecular complexity index is 899. The van der Waals surface area contributed by atoms with Gasteiger partial charge in [-0.3, -0.25) is 4.79 Å². The molecule has 3 rings (SSSR count). The van der Waals surface area contributed by atoms with E-state index >= 15 is 0 Å². The molecule has 1 heterocycles. The Morgan fingerprint density at radius 1 is 1.08 bits per heavy atom. The third-order valence-electron chi connectivity index (χ3n) is 3.77. The molecule has 2 aromatic carbocycles. The fourth-order valence-electron chi connectivity index (χ4n) is 2.53. The van der Waals surface area contributed by atoms with Gasteiger partial charge in [0.25, 0.3) is 5.91 Å². The van der Waals surface area contributed by atoms with Crippen molar-refractivity contribution in [3.63, 3.8) is 0 Å². The fourth-order valence-corrected chi connectivity index (χ4v) is 2.53. The monoisotopic (exact) mass is 360 g/mol. The lowest BCUT2D eigenvalue weighted by Gasteiger charge is -2.11. The standard InChI is InChI=1S/C18H20N4O2.ClH/c1-22(2)11-10-19-18(23)12-6-4-7-13-16(12)20-14-8-5-9-15(24-3)17(14)21-13;/h4-9H,10-11H2,1-3H3,(H,19,23);1H. The van der Waals surface area contributed by atoms with Crippen molar-refractivity contribution in [2.45, 2.75) is 0 Å². The van der Waals surface area contributed by atoms with Crippen LogP contribution in [0.2, 0.25) is 0 Å². The molecule has 1 aromatic heterocycles. The molecule has 0 aliphatic carbocycles. The molecule has 0 saturated heterocycles. The van der Waals surface area contributed by atoms with Crippen LogP contribution in [0.5, 0.6) is 5.75 Å². The number of benzene rings is 2. The number of amides is 1. The van der Waals surface area contributed by atoms with Crippen LogP contribution in [-0.2, 0) is 0 Å². The molecule has 25 heavy (non-hydrogen) atoms. The van der Waals surface area contributed by atoms with Crippen LogP contribution >= 0.6 is 12.4 Å². The summed E-state index contributed by atoms with van der Waals surface area (Å²) in [5.41, 5.74) is 3.20. The van der Waals surface area contributed by atoms with Crippen molar-refractivity contribution < 1.29 is 9.53 Å². The first kappa shape index (κ1) is 18.9. The Hall–Kier alpha value is -2.44. The van der Waals surface area contributed by atoms with Gasteiger partial charge in [0.15, 0.2) is 0 Å². The maximum atomic E-state index is 12.5. The summed E-state index contributed by atoms with van der Waals surface area (Å²) in [6.07, 6.45) is 0. The summed E-state index contributed by atoms with van der Waals surface area (Å²) < 4.78 is 5.34. The van der Waals surface area contributed by atoms with Gasteiger partial charge in [-0.25, -0.2) is 9.97 Å². The zero-order valence-corrected chi connectivity index (χ0v) is 15.3. The number of hydrogen-bond donors (Lipinski definition) is 1. The van der Waals surface area contributed by atoms with E-state index in [0.717, 1.165) is 6.54 Å². The highest BCUT2D eigenvalue weighted by molar-refractivity contribution is 6.06. The SMILES string of the molecule is COc1cccc2nc3c(C(=O)NCCN(C)C)cccc3nc12.Cl. The summed E-state index contributed by atoms with van der Waals surface area (Å²) in [6, 6.07) is 11.0. The number of rotatable bonds is 5. The van der Waals surface area contributed by atoms with E-state index in [9.17, 15) is 4.79 Å². The van der Waals surface area contributed by atoms with Crippen molar-refractivity contribution in [2.24, 2.45) is 0 Å². The van der Waals surface area contributed by atoms with E-state index < -0.39 is 0 Å². The minimum Gasteiger partial charge on any atom is -0.494 e. The summed E-state index contributed by atoms with van der Waals surface area (Å²) in [6.45, 7) is 1.36. The lowest BCUT2D eigenvalue weighted by atomic mass is 10.1. The van der Waals surface area contributed by atoms with E-state index in [1.54, 1.807) is 13.2 Å². The molecule has 1 N–H and O–H groups in total. The van der Waals surface area contributed by atoms with Crippen molar-refractivity contribution in [3.05, 3.63) is 42.0 Å². The zero-order chi connectivity index (χ0) is 17.1. The van der Waals surface area contributed by atoms with Crippen LogP contribution in [0.25, 0.3) is 22.1 Å². The lowest BCUT2D eigenvalue weighted by Crippen LogP contribution is -2.31. The van der Waals surface area contributed by atoms with Crippen LogP contribution in [0.1, 0.15) is 10.4 Å². The van der Waals surface area contributed by atoms with Gasteiger partial charge in [0.1, 0.15) is 16.8 Å². The predicted octanol–water partition coefficient (Wildman–Crippen LogP) is 2.50. The van der Waals surface area contributed by atoms with E-state index in [0.29, 0.717) is 39.9 Å². The number of carbonyl (C=O) groups excluding carboxylic acids is 1. The minimum atomic E-state index is -0.140. The van der Waals surface area contributed by atoms with Gasteiger partial charge in [0, 0.05) is 13.1 Å². The van der Waals surface area contributed by atoms with Gasteiger partial charge in [-0.15, -0.1) is 12.4 Å². The number of nitrogens with zero attached hydrogens (tertiary/aromatic N) is 3. The lowest BCUT2D eigenvalue weighted by molar-refractivity contribution is 0.0952. The van der Waals surface area contributed by atoms with Crippen LogP contribution in [0, 0.1) is 0 Å². The van der Waals surface area contributed by atoms with Gasteiger partial charge in [-0.05, 0) is 38.4 Å². The first-order chi connectivity index (χ1) is 11.6. The van der Waals surface area contributed by atoms with Gasteiger partial charge < -0.3 is 15.0 Å². The molecule has 0 unspecified atom stereocenters. The van der Waals surface area contributed by atoms with Gasteiger partial charge in [0.2, 0.25) is 0 Å². The molecule has 132 valence electrons. The molecule has 0 radical (unpaired) electrons. The van der Waals surface area contributed by atoms with Crippen molar-refractivity contribution in [1.82, 2.24) is 20.2 Å². The number of nitrogens with one attached hydrogen (secondary N) is 1. The topological polar surface area (TPSA) is 67.3 Å². The number of para-hydroxylation sites is 2. The third-order valence-corrected chi connectivity index (χ3v) is 3.77. The van der Waals surface area contributed by atoms with Gasteiger partial charge in [-0.2, -0.15) is 0 Å². The molecule has 0 spiro atoms. The van der Waals surface area contributed by atoms with Crippen molar-refractivity contribution in [3.8, 4) is 5.75 Å². The second-order valence-electron chi connectivity index (χ2n) is 5.78. The average Bonchev–Trinajstić information content (AvgIpc) is 2.58. The second kappa shape index (κ2) is 8.09. The van der Waals surface area contributed by atoms with E-state index in [1.165, 1.54) is 0 Å². The number of ether oxygens (including phenoxy) is 1. The number of hydrogen-bond acceptors (Lipinski definition) is 5. The smallest absolute Gasteiger partial charge is 0.253 e. The molecular formula is C18H21ClN4O2. The average molecular weight is 361 g/mol. The highest BCUT2D eigenvalue weighted by Gasteiger charge is 2.14. The van der Waals surface area contributed by atoms with Crippen molar-refractivity contribution >= 4 is 40.4 Å². The van der Waals surface area contributed by atoms with Crippen LogP contribution < -0.4 is 10.1 Å². The van der Waals surface area contributed by atoms with Crippen LogP contribution in [-0.4, -0.2) is 55.1 Å². The molecule has 1 amide bonds. The Labute approximate surface area is 152 Å². The highest BCUT2D eigenvalue weighted by Crippen LogP contribution is 2.25. The van der Waals surface area contributed by atoms with Gasteiger partial charge in [0.05, 0.1) is 23.7 Å². The summed E-state index contributed by atoms with van der Waals surface area (Å²) in [5, 5.41) is 2.92. The van der Waals surface area contributed by atoms with Gasteiger partial charge >= 0.3 is 0 Å². The molecule has 0 saturated carbocycles. The fraction of sp³-hybridized carbons (Fsp3) is 0.278. The maximum Gasteiger partial charge on any atom is 0.253 e. The molecule has 0 fully saturated rings. The summed E-state index contributed by atoms with van der Waals surface area (Å²) in [5.74, 6) is 0.529. The van der Waals surface area contributed by atoms with Crippen molar-refractivity contribution in [1.29, 1.82) is 0 Å². The van der Waals surface area contributed by atoms with Gasteiger partial charge in [-0.1, -0.05) is 12.1 Å². The van der Waals surface area contributed by atoms with Crippen molar-refractivity contribution in [2.75, 3.05) is 34.3 Å². The quantitative estimate of drug-likeness (QED) is 0.708. The molecular weight excluding hydrogens is 340 g/mol. The number of fused-ring (bicyclic) bond motifs is 2. The second-order valence-corrected chi connectivity index (χ2v) is 5.78. The molecule has 6 nitrogen and oxygen atoms in total. The van der Waals surface area contributed by atoms with E-state index in [4.69, 9.17) is 4.74 Å².